The zero-order valence-electron chi connectivity index (χ0n) is 28.8. The molecule has 10 nitrogen and oxygen atoms in total. The smallest absolute Gasteiger partial charge is 0.462 e. The van der Waals surface area contributed by atoms with Crippen molar-refractivity contribution < 1.29 is 47.8 Å². The van der Waals surface area contributed by atoms with Crippen molar-refractivity contribution in [3.8, 4) is 0 Å². The molecule has 0 aromatic heterocycles. The molecule has 0 saturated heterocycles. The lowest BCUT2D eigenvalue weighted by Gasteiger charge is -2.20. The minimum atomic E-state index is -4.60. The molecular formula is C35H65O10P. The Morgan fingerprint density at radius 2 is 1.13 bits per heavy atom. The maximum absolute atomic E-state index is 12.5. The van der Waals surface area contributed by atoms with E-state index in [9.17, 15) is 24.2 Å². The number of hydrogen-bond acceptors (Lipinski definition) is 9. The number of allylic oxidation sites excluding steroid dienone is 4. The van der Waals surface area contributed by atoms with Gasteiger partial charge in [-0.15, -0.1) is 0 Å². The molecule has 0 aromatic rings. The zero-order chi connectivity index (χ0) is 34.1. The van der Waals surface area contributed by atoms with Crippen LogP contribution in [-0.4, -0.2) is 65.7 Å². The first-order chi connectivity index (χ1) is 22.2. The Labute approximate surface area is 278 Å². The van der Waals surface area contributed by atoms with Gasteiger partial charge in [0.25, 0.3) is 0 Å². The van der Waals surface area contributed by atoms with Gasteiger partial charge in [-0.1, -0.05) is 115 Å². The van der Waals surface area contributed by atoms with Gasteiger partial charge in [0.05, 0.1) is 19.8 Å². The highest BCUT2D eigenvalue weighted by molar-refractivity contribution is 7.47. The van der Waals surface area contributed by atoms with Crippen molar-refractivity contribution in [3.63, 3.8) is 0 Å². The molecule has 0 aliphatic rings. The topological polar surface area (TPSA) is 149 Å². The molecule has 0 aliphatic carbocycles. The SMILES string of the molecule is CCCCCC/C=C\C/C=C\CCCCCCCCCC(=O)OC(COC(=O)CCCCCCC)COP(=O)(O)OCC(O)CO. The highest BCUT2D eigenvalue weighted by atomic mass is 31.2. The van der Waals surface area contributed by atoms with Gasteiger partial charge >= 0.3 is 19.8 Å². The number of carbonyl (C=O) groups is 2. The van der Waals surface area contributed by atoms with Gasteiger partial charge < -0.3 is 24.6 Å². The highest BCUT2D eigenvalue weighted by Gasteiger charge is 2.27. The molecule has 0 amide bonds. The van der Waals surface area contributed by atoms with Crippen LogP contribution in [0.5, 0.6) is 0 Å². The van der Waals surface area contributed by atoms with E-state index in [1.807, 2.05) is 0 Å². The van der Waals surface area contributed by atoms with E-state index < -0.39 is 51.8 Å². The van der Waals surface area contributed by atoms with Gasteiger partial charge in [0.1, 0.15) is 12.7 Å². The van der Waals surface area contributed by atoms with Crippen LogP contribution in [0.4, 0.5) is 0 Å². The number of rotatable bonds is 33. The fourth-order valence-electron chi connectivity index (χ4n) is 4.55. The zero-order valence-corrected chi connectivity index (χ0v) is 29.7. The standard InChI is InChI=1S/C35H65O10P/c1-3-5-7-9-10-11-12-13-14-15-16-17-18-19-20-21-23-25-27-35(39)45-33(30-42-34(38)26-24-22-8-6-4-2)31-44-46(40,41)43-29-32(37)28-36/h11-12,14-15,32-33,36-37H,3-10,13,16-31H2,1-2H3,(H,40,41)/b12-11-,15-14-. The van der Waals surface area contributed by atoms with Crippen LogP contribution in [0.25, 0.3) is 0 Å². The number of phosphoric acid groups is 1. The molecule has 0 bridgehead atoms. The van der Waals surface area contributed by atoms with Crippen molar-refractivity contribution in [2.24, 2.45) is 0 Å². The summed E-state index contributed by atoms with van der Waals surface area (Å²) in [5.41, 5.74) is 0. The molecule has 3 unspecified atom stereocenters. The quantitative estimate of drug-likeness (QED) is 0.0268. The Kier molecular flexibility index (Phi) is 30.9. The predicted molar refractivity (Wildman–Crippen MR) is 182 cm³/mol. The van der Waals surface area contributed by atoms with Crippen LogP contribution in [0, 0.1) is 0 Å². The number of esters is 2. The number of aliphatic hydroxyl groups is 2. The average Bonchev–Trinajstić information content (AvgIpc) is 3.04. The first kappa shape index (κ1) is 44.5. The monoisotopic (exact) mass is 676 g/mol. The molecule has 270 valence electrons. The Hall–Kier alpha value is -1.55. The highest BCUT2D eigenvalue weighted by Crippen LogP contribution is 2.43. The number of ether oxygens (including phenoxy) is 2. The average molecular weight is 677 g/mol. The third-order valence-corrected chi connectivity index (χ3v) is 8.31. The van der Waals surface area contributed by atoms with E-state index in [-0.39, 0.29) is 19.4 Å². The number of hydrogen-bond donors (Lipinski definition) is 3. The molecule has 0 heterocycles. The van der Waals surface area contributed by atoms with Gasteiger partial charge in [0.2, 0.25) is 0 Å². The summed E-state index contributed by atoms with van der Waals surface area (Å²) in [6.45, 7) is 2.23. The summed E-state index contributed by atoms with van der Waals surface area (Å²) in [6, 6.07) is 0. The van der Waals surface area contributed by atoms with E-state index in [0.29, 0.717) is 12.8 Å². The summed E-state index contributed by atoms with van der Waals surface area (Å²) in [5, 5.41) is 18.2. The fraction of sp³-hybridized carbons (Fsp3) is 0.829. The maximum atomic E-state index is 12.5. The molecule has 0 spiro atoms. The Balaban J connectivity index is 4.26. The second kappa shape index (κ2) is 32.0. The summed E-state index contributed by atoms with van der Waals surface area (Å²) in [6.07, 6.45) is 27.7. The van der Waals surface area contributed by atoms with Crippen LogP contribution >= 0.6 is 7.82 Å². The van der Waals surface area contributed by atoms with Gasteiger partial charge in [-0.25, -0.2) is 4.57 Å². The normalized spacial score (nSPS) is 14.5. The second-order valence-corrected chi connectivity index (χ2v) is 13.4. The van der Waals surface area contributed by atoms with Gasteiger partial charge in [0, 0.05) is 12.8 Å². The Morgan fingerprint density at radius 3 is 1.70 bits per heavy atom. The third-order valence-electron chi connectivity index (χ3n) is 7.36. The molecule has 0 rings (SSSR count). The minimum absolute atomic E-state index is 0.176. The molecule has 46 heavy (non-hydrogen) atoms. The lowest BCUT2D eigenvalue weighted by molar-refractivity contribution is -0.161. The molecule has 3 N–H and O–H groups in total. The third kappa shape index (κ3) is 31.1. The lowest BCUT2D eigenvalue weighted by atomic mass is 10.1. The Bertz CT molecular complexity index is 832. The van der Waals surface area contributed by atoms with E-state index in [1.165, 1.54) is 44.9 Å². The van der Waals surface area contributed by atoms with E-state index in [4.69, 9.17) is 19.1 Å². The van der Waals surface area contributed by atoms with Crippen LogP contribution in [0.3, 0.4) is 0 Å². The van der Waals surface area contributed by atoms with Gasteiger partial charge in [-0.3, -0.25) is 18.6 Å². The summed E-state index contributed by atoms with van der Waals surface area (Å²) >= 11 is 0. The largest absolute Gasteiger partial charge is 0.472 e. The minimum Gasteiger partial charge on any atom is -0.462 e. The molecule has 0 radical (unpaired) electrons. The van der Waals surface area contributed by atoms with E-state index in [0.717, 1.165) is 64.2 Å². The van der Waals surface area contributed by atoms with Crippen molar-refractivity contribution in [3.05, 3.63) is 24.3 Å². The van der Waals surface area contributed by atoms with Crippen molar-refractivity contribution >= 4 is 19.8 Å². The molecule has 11 heteroatoms. The molecule has 0 aliphatic heterocycles. The van der Waals surface area contributed by atoms with Crippen LogP contribution < -0.4 is 0 Å². The molecule has 0 aromatic carbocycles. The summed E-state index contributed by atoms with van der Waals surface area (Å²) < 4.78 is 32.3. The van der Waals surface area contributed by atoms with Crippen molar-refractivity contribution in [2.45, 2.75) is 161 Å². The molecule has 0 fully saturated rings. The number of aliphatic hydroxyl groups excluding tert-OH is 2. The molecule has 0 saturated carbocycles. The number of carbonyl (C=O) groups excluding carboxylic acids is 2. The molecular weight excluding hydrogens is 611 g/mol. The van der Waals surface area contributed by atoms with E-state index >= 15 is 0 Å². The van der Waals surface area contributed by atoms with Crippen LogP contribution in [0.15, 0.2) is 24.3 Å². The van der Waals surface area contributed by atoms with Crippen LogP contribution in [0.1, 0.15) is 149 Å². The summed E-state index contributed by atoms with van der Waals surface area (Å²) in [7, 11) is -4.60. The van der Waals surface area contributed by atoms with Gasteiger partial charge in [-0.2, -0.15) is 0 Å². The van der Waals surface area contributed by atoms with Crippen molar-refractivity contribution in [2.75, 3.05) is 26.4 Å². The number of unbranched alkanes of at least 4 members (excludes halogenated alkanes) is 15. The van der Waals surface area contributed by atoms with Crippen molar-refractivity contribution in [1.82, 2.24) is 0 Å². The second-order valence-electron chi connectivity index (χ2n) is 11.9. The Morgan fingerprint density at radius 1 is 0.652 bits per heavy atom. The van der Waals surface area contributed by atoms with Crippen LogP contribution in [-0.2, 0) is 32.7 Å². The van der Waals surface area contributed by atoms with Crippen LogP contribution in [0.2, 0.25) is 0 Å². The summed E-state index contributed by atoms with van der Waals surface area (Å²) in [5.74, 6) is -0.949. The van der Waals surface area contributed by atoms with Crippen molar-refractivity contribution in [1.29, 1.82) is 0 Å². The fourth-order valence-corrected chi connectivity index (χ4v) is 5.34. The lowest BCUT2D eigenvalue weighted by Crippen LogP contribution is -2.29. The van der Waals surface area contributed by atoms with Gasteiger partial charge in [0.15, 0.2) is 6.10 Å². The molecule has 3 atom stereocenters. The number of phosphoric ester groups is 1. The van der Waals surface area contributed by atoms with Gasteiger partial charge in [-0.05, 0) is 44.9 Å². The van der Waals surface area contributed by atoms with E-state index in [2.05, 4.69) is 42.7 Å². The predicted octanol–water partition coefficient (Wildman–Crippen LogP) is 8.27. The maximum Gasteiger partial charge on any atom is 0.472 e. The van der Waals surface area contributed by atoms with E-state index in [1.54, 1.807) is 0 Å². The summed E-state index contributed by atoms with van der Waals surface area (Å²) in [4.78, 5) is 34.5. The first-order valence-electron chi connectivity index (χ1n) is 17.8. The first-order valence-corrected chi connectivity index (χ1v) is 19.3.